The number of nitrogens with zero attached hydrogens (tertiary/aromatic N) is 2. The second-order valence-electron chi connectivity index (χ2n) is 7.68. The lowest BCUT2D eigenvalue weighted by atomic mass is 10.0. The van der Waals surface area contributed by atoms with Gasteiger partial charge in [-0.2, -0.15) is 0 Å². The first kappa shape index (κ1) is 22.7. The van der Waals surface area contributed by atoms with Gasteiger partial charge in [-0.25, -0.2) is 13.4 Å². The lowest BCUT2D eigenvalue weighted by Crippen LogP contribution is -2.45. The van der Waals surface area contributed by atoms with E-state index in [1.165, 1.54) is 12.1 Å². The Labute approximate surface area is 182 Å². The van der Waals surface area contributed by atoms with Crippen molar-refractivity contribution in [1.29, 1.82) is 0 Å². The fourth-order valence-electron chi connectivity index (χ4n) is 3.49. The molecule has 2 atom stereocenters. The molecule has 2 N–H and O–H groups in total. The summed E-state index contributed by atoms with van der Waals surface area (Å²) in [6.45, 7) is 2.14. The number of unbranched alkanes of at least 4 members (excludes halogenated alkanes) is 2. The lowest BCUT2D eigenvalue weighted by molar-refractivity contribution is -0.0604. The third-order valence-electron chi connectivity index (χ3n) is 5.24. The van der Waals surface area contributed by atoms with Crippen LogP contribution in [-0.4, -0.2) is 49.1 Å². The molecule has 2 unspecified atom stereocenters. The smallest absolute Gasteiger partial charge is 0.202 e. The van der Waals surface area contributed by atoms with E-state index in [9.17, 15) is 18.6 Å². The van der Waals surface area contributed by atoms with Gasteiger partial charge in [-0.1, -0.05) is 37.8 Å². The molecule has 1 aliphatic heterocycles. The Morgan fingerprint density at radius 1 is 1.13 bits per heavy atom. The molecule has 2 aromatic carbocycles. The standard InChI is InChI=1S/C22H27ClN2O4S/c1-3-4-5-6-20(26)22(27)15-25(18-11-13-19(14-12-18)30(2,28)29)21(24-22)16-7-9-17(23)10-8-16/h7-14,20,26-27H,3-6,15H2,1-2H3. The molecule has 6 nitrogen and oxygen atoms in total. The van der Waals surface area contributed by atoms with E-state index in [1.807, 2.05) is 0 Å². The van der Waals surface area contributed by atoms with Gasteiger partial charge in [0.2, 0.25) is 5.72 Å². The number of halogens is 1. The number of aliphatic hydroxyl groups excluding tert-OH is 1. The van der Waals surface area contributed by atoms with Crippen LogP contribution in [0.25, 0.3) is 0 Å². The minimum absolute atomic E-state index is 0.0659. The SMILES string of the molecule is CCCCCC(O)C1(O)CN(c2ccc(S(C)(=O)=O)cc2)C(c2ccc(Cl)cc2)=N1. The van der Waals surface area contributed by atoms with Gasteiger partial charge in [0.1, 0.15) is 11.9 Å². The van der Waals surface area contributed by atoms with Crippen LogP contribution in [-0.2, 0) is 9.84 Å². The van der Waals surface area contributed by atoms with Crippen LogP contribution >= 0.6 is 11.6 Å². The number of anilines is 1. The molecule has 0 radical (unpaired) electrons. The van der Waals surface area contributed by atoms with Crippen molar-refractivity contribution >= 4 is 33.0 Å². The predicted octanol–water partition coefficient (Wildman–Crippen LogP) is 3.64. The van der Waals surface area contributed by atoms with Crippen molar-refractivity contribution in [2.75, 3.05) is 17.7 Å². The third kappa shape index (κ3) is 5.03. The van der Waals surface area contributed by atoms with E-state index in [0.29, 0.717) is 23.0 Å². The summed E-state index contributed by atoms with van der Waals surface area (Å²) in [6, 6.07) is 13.5. The van der Waals surface area contributed by atoms with Gasteiger partial charge in [-0.3, -0.25) is 0 Å². The highest BCUT2D eigenvalue weighted by molar-refractivity contribution is 7.90. The van der Waals surface area contributed by atoms with Crippen molar-refractivity contribution in [2.45, 2.75) is 49.3 Å². The van der Waals surface area contributed by atoms with E-state index in [1.54, 1.807) is 41.3 Å². The Morgan fingerprint density at radius 3 is 2.33 bits per heavy atom. The molecule has 0 amide bonds. The van der Waals surface area contributed by atoms with E-state index in [2.05, 4.69) is 11.9 Å². The molecule has 0 fully saturated rings. The number of rotatable bonds is 8. The minimum atomic E-state index is -3.32. The van der Waals surface area contributed by atoms with Crippen LogP contribution in [0.3, 0.4) is 0 Å². The molecule has 30 heavy (non-hydrogen) atoms. The maximum absolute atomic E-state index is 11.8. The van der Waals surface area contributed by atoms with Crippen molar-refractivity contribution in [3.05, 3.63) is 59.1 Å². The number of hydrogen-bond donors (Lipinski definition) is 2. The molecule has 3 rings (SSSR count). The Kier molecular flexibility index (Phi) is 6.87. The fourth-order valence-corrected chi connectivity index (χ4v) is 4.25. The summed E-state index contributed by atoms with van der Waals surface area (Å²) in [4.78, 5) is 6.52. The van der Waals surface area contributed by atoms with Gasteiger partial charge in [-0.05, 0) is 55.0 Å². The summed E-state index contributed by atoms with van der Waals surface area (Å²) in [7, 11) is -3.32. The molecule has 0 saturated heterocycles. The fraction of sp³-hybridized carbons (Fsp3) is 0.409. The van der Waals surface area contributed by atoms with E-state index >= 15 is 0 Å². The lowest BCUT2D eigenvalue weighted by Gasteiger charge is -2.28. The van der Waals surface area contributed by atoms with Gasteiger partial charge in [0.25, 0.3) is 0 Å². The van der Waals surface area contributed by atoms with Gasteiger partial charge in [0, 0.05) is 22.5 Å². The molecular formula is C22H27ClN2O4S. The van der Waals surface area contributed by atoms with E-state index < -0.39 is 21.7 Å². The Hall–Kier alpha value is -1.93. The summed E-state index contributed by atoms with van der Waals surface area (Å²) >= 11 is 6.01. The van der Waals surface area contributed by atoms with Gasteiger partial charge >= 0.3 is 0 Å². The highest BCUT2D eigenvalue weighted by Gasteiger charge is 2.44. The first-order valence-electron chi connectivity index (χ1n) is 9.98. The third-order valence-corrected chi connectivity index (χ3v) is 6.62. The van der Waals surface area contributed by atoms with Gasteiger partial charge in [0.05, 0.1) is 11.4 Å². The highest BCUT2D eigenvalue weighted by Crippen LogP contribution is 2.32. The van der Waals surface area contributed by atoms with Crippen LogP contribution in [0.5, 0.6) is 0 Å². The van der Waals surface area contributed by atoms with Crippen molar-refractivity contribution in [2.24, 2.45) is 4.99 Å². The number of aliphatic imine (C=N–C) groups is 1. The number of amidine groups is 1. The summed E-state index contributed by atoms with van der Waals surface area (Å²) in [5.41, 5.74) is -0.242. The van der Waals surface area contributed by atoms with E-state index in [4.69, 9.17) is 11.6 Å². The van der Waals surface area contributed by atoms with Crippen molar-refractivity contribution in [1.82, 2.24) is 0 Å². The average Bonchev–Trinajstić information content (AvgIpc) is 3.07. The van der Waals surface area contributed by atoms with Crippen molar-refractivity contribution < 1.29 is 18.6 Å². The molecule has 1 aliphatic rings. The van der Waals surface area contributed by atoms with Crippen molar-refractivity contribution in [3.8, 4) is 0 Å². The van der Waals surface area contributed by atoms with Crippen LogP contribution in [0.1, 0.15) is 38.2 Å². The van der Waals surface area contributed by atoms with Crippen LogP contribution in [0.15, 0.2) is 58.4 Å². The van der Waals surface area contributed by atoms with Crippen LogP contribution in [0.4, 0.5) is 5.69 Å². The number of aliphatic hydroxyl groups is 2. The first-order chi connectivity index (χ1) is 14.1. The average molecular weight is 451 g/mol. The molecule has 8 heteroatoms. The second-order valence-corrected chi connectivity index (χ2v) is 10.1. The topological polar surface area (TPSA) is 90.2 Å². The quantitative estimate of drug-likeness (QED) is 0.599. The molecule has 162 valence electrons. The zero-order valence-corrected chi connectivity index (χ0v) is 18.7. The maximum atomic E-state index is 11.8. The minimum Gasteiger partial charge on any atom is -0.388 e. The molecule has 1 heterocycles. The molecular weight excluding hydrogens is 424 g/mol. The number of benzene rings is 2. The molecule has 0 spiro atoms. The summed E-state index contributed by atoms with van der Waals surface area (Å²) in [5, 5.41) is 22.4. The zero-order valence-electron chi connectivity index (χ0n) is 17.1. The monoisotopic (exact) mass is 450 g/mol. The van der Waals surface area contributed by atoms with Gasteiger partial charge in [0.15, 0.2) is 9.84 Å². The Bertz CT molecular complexity index is 1010. The normalized spacial score (nSPS) is 20.3. The van der Waals surface area contributed by atoms with Crippen LogP contribution < -0.4 is 4.90 Å². The number of β-amino-alcohol motifs (C(OH)–C–C–N with tert-alkyl or cyclic N) is 1. The van der Waals surface area contributed by atoms with Crippen LogP contribution in [0, 0.1) is 0 Å². The first-order valence-corrected chi connectivity index (χ1v) is 12.2. The summed E-state index contributed by atoms with van der Waals surface area (Å²) in [6.07, 6.45) is 3.38. The summed E-state index contributed by atoms with van der Waals surface area (Å²) in [5.74, 6) is 0.496. The molecule has 0 aliphatic carbocycles. The molecule has 0 saturated carbocycles. The van der Waals surface area contributed by atoms with Gasteiger partial charge < -0.3 is 15.1 Å². The van der Waals surface area contributed by atoms with Crippen LogP contribution in [0.2, 0.25) is 5.02 Å². The Balaban J connectivity index is 1.96. The highest BCUT2D eigenvalue weighted by atomic mass is 35.5. The number of sulfone groups is 1. The van der Waals surface area contributed by atoms with E-state index in [-0.39, 0.29) is 11.4 Å². The zero-order chi connectivity index (χ0) is 21.9. The van der Waals surface area contributed by atoms with Crippen molar-refractivity contribution in [3.63, 3.8) is 0 Å². The predicted molar refractivity (Wildman–Crippen MR) is 120 cm³/mol. The van der Waals surface area contributed by atoms with E-state index in [0.717, 1.165) is 31.1 Å². The maximum Gasteiger partial charge on any atom is 0.202 e. The molecule has 2 aromatic rings. The second kappa shape index (κ2) is 9.06. The summed E-state index contributed by atoms with van der Waals surface area (Å²) < 4.78 is 23.6. The largest absolute Gasteiger partial charge is 0.388 e. The molecule has 0 bridgehead atoms. The van der Waals surface area contributed by atoms with Gasteiger partial charge in [-0.15, -0.1) is 0 Å². The number of hydrogen-bond acceptors (Lipinski definition) is 6. The Morgan fingerprint density at radius 2 is 1.77 bits per heavy atom. The molecule has 0 aromatic heterocycles.